The van der Waals surface area contributed by atoms with Crippen LogP contribution in [0.2, 0.25) is 5.02 Å². The van der Waals surface area contributed by atoms with E-state index in [1.54, 1.807) is 31.2 Å². The molecule has 1 aliphatic heterocycles. The molecule has 1 heterocycles. The standard InChI is InChI=1S/C16H13ClN4O3/c1-8(19-10-3-4-12(17)14(7-10)21(23)24)15-11-6-9(18)2-5-13(11)20-16(15)22/h2-7,19H,18H2,1H3,(H,20,22). The molecule has 0 saturated carbocycles. The minimum atomic E-state index is -0.561. The average Bonchev–Trinajstić information content (AvgIpc) is 2.84. The summed E-state index contributed by atoms with van der Waals surface area (Å²) in [6.07, 6.45) is 0. The number of nitrogens with zero attached hydrogens (tertiary/aromatic N) is 1. The van der Waals surface area contributed by atoms with Crippen molar-refractivity contribution >= 4 is 45.8 Å². The minimum Gasteiger partial charge on any atom is -0.399 e. The van der Waals surface area contributed by atoms with Crippen molar-refractivity contribution in [1.82, 2.24) is 0 Å². The lowest BCUT2D eigenvalue weighted by Gasteiger charge is -2.10. The van der Waals surface area contributed by atoms with Gasteiger partial charge in [-0.25, -0.2) is 0 Å². The second kappa shape index (κ2) is 5.86. The number of rotatable bonds is 3. The second-order valence-electron chi connectivity index (χ2n) is 5.31. The van der Waals surface area contributed by atoms with Gasteiger partial charge < -0.3 is 16.4 Å². The summed E-state index contributed by atoms with van der Waals surface area (Å²) in [6.45, 7) is 1.72. The molecule has 2 aromatic rings. The Morgan fingerprint density at radius 2 is 2.04 bits per heavy atom. The van der Waals surface area contributed by atoms with E-state index in [9.17, 15) is 14.9 Å². The number of nitrogens with one attached hydrogen (secondary N) is 2. The summed E-state index contributed by atoms with van der Waals surface area (Å²) in [6, 6.07) is 9.49. The largest absolute Gasteiger partial charge is 0.399 e. The number of fused-ring (bicyclic) bond motifs is 1. The van der Waals surface area contributed by atoms with Gasteiger partial charge in [0.2, 0.25) is 0 Å². The minimum absolute atomic E-state index is 0.0487. The lowest BCUT2D eigenvalue weighted by atomic mass is 10.0. The molecule has 0 atom stereocenters. The van der Waals surface area contributed by atoms with Crippen molar-refractivity contribution in [3.63, 3.8) is 0 Å². The van der Waals surface area contributed by atoms with Crippen LogP contribution in [0, 0.1) is 10.1 Å². The Bertz CT molecular complexity index is 908. The second-order valence-corrected chi connectivity index (χ2v) is 5.71. The number of nitro benzene ring substituents is 1. The number of benzene rings is 2. The summed E-state index contributed by atoms with van der Waals surface area (Å²) in [5.41, 5.74) is 8.93. The van der Waals surface area contributed by atoms with Gasteiger partial charge in [-0.1, -0.05) is 11.6 Å². The van der Waals surface area contributed by atoms with E-state index in [1.165, 1.54) is 12.1 Å². The van der Waals surface area contributed by atoms with E-state index in [0.717, 1.165) is 0 Å². The van der Waals surface area contributed by atoms with Crippen LogP contribution in [0.25, 0.3) is 5.57 Å². The van der Waals surface area contributed by atoms with Gasteiger partial charge in [0.25, 0.3) is 11.6 Å². The number of allylic oxidation sites excluding steroid dienone is 1. The number of nitrogens with two attached hydrogens (primary N) is 1. The zero-order valence-corrected chi connectivity index (χ0v) is 13.3. The normalized spacial score (nSPS) is 14.8. The highest BCUT2D eigenvalue weighted by atomic mass is 35.5. The smallest absolute Gasteiger partial charge is 0.289 e. The van der Waals surface area contributed by atoms with E-state index >= 15 is 0 Å². The van der Waals surface area contributed by atoms with Gasteiger partial charge in [0.1, 0.15) is 5.02 Å². The first-order valence-electron chi connectivity index (χ1n) is 7.00. The van der Waals surface area contributed by atoms with Crippen molar-refractivity contribution in [3.8, 4) is 0 Å². The Morgan fingerprint density at radius 1 is 1.29 bits per heavy atom. The van der Waals surface area contributed by atoms with Crippen LogP contribution >= 0.6 is 11.6 Å². The first-order chi connectivity index (χ1) is 11.4. The van der Waals surface area contributed by atoms with E-state index in [0.29, 0.717) is 33.9 Å². The molecular formula is C16H13ClN4O3. The molecule has 0 radical (unpaired) electrons. The van der Waals surface area contributed by atoms with Gasteiger partial charge in [0.05, 0.1) is 10.5 Å². The van der Waals surface area contributed by atoms with E-state index < -0.39 is 4.92 Å². The predicted octanol–water partition coefficient (Wildman–Crippen LogP) is 3.63. The number of amides is 1. The van der Waals surface area contributed by atoms with Crippen LogP contribution in [0.15, 0.2) is 42.1 Å². The lowest BCUT2D eigenvalue weighted by molar-refractivity contribution is -0.384. The molecule has 8 heteroatoms. The highest BCUT2D eigenvalue weighted by Gasteiger charge is 2.26. The maximum Gasteiger partial charge on any atom is 0.289 e. The van der Waals surface area contributed by atoms with Crippen molar-refractivity contribution in [2.45, 2.75) is 6.92 Å². The molecule has 4 N–H and O–H groups in total. The molecule has 0 unspecified atom stereocenters. The number of nitro groups is 1. The number of hydrogen-bond donors (Lipinski definition) is 3. The molecule has 1 amide bonds. The molecule has 0 aliphatic carbocycles. The Morgan fingerprint density at radius 3 is 2.75 bits per heavy atom. The number of hydrogen-bond acceptors (Lipinski definition) is 5. The number of carbonyl (C=O) groups excluding carboxylic acids is 1. The number of anilines is 3. The van der Waals surface area contributed by atoms with Crippen LogP contribution in [0.5, 0.6) is 0 Å². The van der Waals surface area contributed by atoms with Crippen LogP contribution in [-0.2, 0) is 4.79 Å². The third kappa shape index (κ3) is 2.77. The molecule has 122 valence electrons. The Labute approximate surface area is 142 Å². The zero-order valence-electron chi connectivity index (χ0n) is 12.6. The molecule has 0 saturated heterocycles. The van der Waals surface area contributed by atoms with Crippen molar-refractivity contribution in [2.24, 2.45) is 0 Å². The topological polar surface area (TPSA) is 110 Å². The monoisotopic (exact) mass is 344 g/mol. The van der Waals surface area contributed by atoms with E-state index in [2.05, 4.69) is 10.6 Å². The number of halogens is 1. The fourth-order valence-electron chi connectivity index (χ4n) is 2.57. The molecule has 0 aromatic heterocycles. The van der Waals surface area contributed by atoms with E-state index in [-0.39, 0.29) is 16.6 Å². The first kappa shape index (κ1) is 15.8. The van der Waals surface area contributed by atoms with Gasteiger partial charge in [0, 0.05) is 34.4 Å². The summed E-state index contributed by atoms with van der Waals surface area (Å²) < 4.78 is 0. The summed E-state index contributed by atoms with van der Waals surface area (Å²) >= 11 is 5.80. The van der Waals surface area contributed by atoms with E-state index in [1.807, 2.05) is 0 Å². The third-order valence-corrected chi connectivity index (χ3v) is 3.96. The summed E-state index contributed by atoms with van der Waals surface area (Å²) in [4.78, 5) is 22.6. The predicted molar refractivity (Wildman–Crippen MR) is 93.8 cm³/mol. The molecule has 24 heavy (non-hydrogen) atoms. The summed E-state index contributed by atoms with van der Waals surface area (Å²) in [5, 5.41) is 16.8. The summed E-state index contributed by atoms with van der Waals surface area (Å²) in [7, 11) is 0. The molecule has 0 bridgehead atoms. The lowest BCUT2D eigenvalue weighted by Crippen LogP contribution is -2.09. The summed E-state index contributed by atoms with van der Waals surface area (Å²) in [5.74, 6) is -0.260. The SMILES string of the molecule is CC(Nc1ccc(Cl)c([N+](=O)[O-])c1)=C1C(=O)Nc2ccc(N)cc21. The number of carbonyl (C=O) groups is 1. The molecule has 3 rings (SSSR count). The fourth-order valence-corrected chi connectivity index (χ4v) is 2.75. The number of nitrogen functional groups attached to an aromatic ring is 1. The van der Waals surface area contributed by atoms with Gasteiger partial charge in [-0.05, 0) is 37.3 Å². The zero-order chi connectivity index (χ0) is 17.4. The van der Waals surface area contributed by atoms with Crippen molar-refractivity contribution in [3.05, 3.63) is 62.8 Å². The van der Waals surface area contributed by atoms with Gasteiger partial charge >= 0.3 is 0 Å². The molecule has 7 nitrogen and oxygen atoms in total. The quantitative estimate of drug-likeness (QED) is 0.341. The Kier molecular flexibility index (Phi) is 3.86. The van der Waals surface area contributed by atoms with Gasteiger partial charge in [-0.15, -0.1) is 0 Å². The van der Waals surface area contributed by atoms with Crippen molar-refractivity contribution < 1.29 is 9.72 Å². The maximum absolute atomic E-state index is 12.2. The highest BCUT2D eigenvalue weighted by molar-refractivity contribution is 6.33. The van der Waals surface area contributed by atoms with Gasteiger partial charge in [0.15, 0.2) is 0 Å². The van der Waals surface area contributed by atoms with Gasteiger partial charge in [-0.2, -0.15) is 0 Å². The average molecular weight is 345 g/mol. The van der Waals surface area contributed by atoms with Crippen LogP contribution in [0.1, 0.15) is 12.5 Å². The molecule has 2 aromatic carbocycles. The van der Waals surface area contributed by atoms with Crippen molar-refractivity contribution in [1.29, 1.82) is 0 Å². The highest BCUT2D eigenvalue weighted by Crippen LogP contribution is 2.36. The molecule has 1 aliphatic rings. The van der Waals surface area contributed by atoms with Crippen molar-refractivity contribution in [2.75, 3.05) is 16.4 Å². The third-order valence-electron chi connectivity index (χ3n) is 3.64. The molecule has 0 fully saturated rings. The van der Waals surface area contributed by atoms with Crippen LogP contribution < -0.4 is 16.4 Å². The van der Waals surface area contributed by atoms with Crippen LogP contribution in [-0.4, -0.2) is 10.8 Å². The molecular weight excluding hydrogens is 332 g/mol. The maximum atomic E-state index is 12.2. The van der Waals surface area contributed by atoms with E-state index in [4.69, 9.17) is 17.3 Å². The Hall–Kier alpha value is -3.06. The molecule has 0 spiro atoms. The van der Waals surface area contributed by atoms with Gasteiger partial charge in [-0.3, -0.25) is 14.9 Å². The van der Waals surface area contributed by atoms with Crippen LogP contribution in [0.3, 0.4) is 0 Å². The first-order valence-corrected chi connectivity index (χ1v) is 7.37. The Balaban J connectivity index is 2.01. The fraction of sp³-hybridized carbons (Fsp3) is 0.0625. The van der Waals surface area contributed by atoms with Crippen LogP contribution in [0.4, 0.5) is 22.7 Å².